The first-order valence-electron chi connectivity index (χ1n) is 4.90. The van der Waals surface area contributed by atoms with Gasteiger partial charge in [-0.05, 0) is 38.6 Å². The Labute approximate surface area is 74.2 Å². The zero-order chi connectivity index (χ0) is 8.55. The fourth-order valence-corrected chi connectivity index (χ4v) is 2.82. The van der Waals surface area contributed by atoms with E-state index in [9.17, 15) is 0 Å². The topological polar surface area (TPSA) is 27.0 Å². The molecule has 2 aliphatic heterocycles. The average Bonchev–Trinajstić information content (AvgIpc) is 2.33. The van der Waals surface area contributed by atoms with Gasteiger partial charge in [0.05, 0.1) is 6.07 Å². The second-order valence-electron chi connectivity index (χ2n) is 4.25. The van der Waals surface area contributed by atoms with Gasteiger partial charge in [-0.25, -0.2) is 0 Å². The van der Waals surface area contributed by atoms with Crippen LogP contribution in [0.3, 0.4) is 0 Å². The van der Waals surface area contributed by atoms with E-state index in [4.69, 9.17) is 5.26 Å². The molecule has 2 fully saturated rings. The minimum absolute atomic E-state index is 0.698. The van der Waals surface area contributed by atoms with Gasteiger partial charge in [0, 0.05) is 18.5 Å². The van der Waals surface area contributed by atoms with Crippen LogP contribution in [0.4, 0.5) is 0 Å². The second-order valence-corrected chi connectivity index (χ2v) is 4.25. The molecule has 1 unspecified atom stereocenters. The molecule has 2 heterocycles. The van der Waals surface area contributed by atoms with Crippen LogP contribution in [-0.4, -0.2) is 24.0 Å². The quantitative estimate of drug-likeness (QED) is 0.590. The van der Waals surface area contributed by atoms with Crippen molar-refractivity contribution in [2.24, 2.45) is 5.92 Å². The molecule has 2 heteroatoms. The van der Waals surface area contributed by atoms with Gasteiger partial charge in [-0.1, -0.05) is 0 Å². The van der Waals surface area contributed by atoms with E-state index in [1.807, 2.05) is 0 Å². The molecule has 0 aromatic carbocycles. The van der Waals surface area contributed by atoms with E-state index >= 15 is 0 Å². The first kappa shape index (κ1) is 8.07. The van der Waals surface area contributed by atoms with Crippen molar-refractivity contribution in [3.8, 4) is 6.07 Å². The summed E-state index contributed by atoms with van der Waals surface area (Å²) >= 11 is 0. The van der Waals surface area contributed by atoms with Crippen LogP contribution in [-0.2, 0) is 0 Å². The van der Waals surface area contributed by atoms with Crippen molar-refractivity contribution in [2.45, 2.75) is 44.2 Å². The van der Waals surface area contributed by atoms with Gasteiger partial charge < -0.3 is 4.90 Å². The van der Waals surface area contributed by atoms with Crippen LogP contribution in [0, 0.1) is 17.2 Å². The van der Waals surface area contributed by atoms with Crippen LogP contribution in [0.25, 0.3) is 0 Å². The predicted octanol–water partition coefficient (Wildman–Crippen LogP) is 1.77. The minimum Gasteiger partial charge on any atom is -0.300 e. The zero-order valence-corrected chi connectivity index (χ0v) is 7.66. The predicted molar refractivity (Wildman–Crippen MR) is 47.5 cm³/mol. The Bertz CT molecular complexity index is 192. The number of hydrogen-bond acceptors (Lipinski definition) is 2. The Kier molecular flexibility index (Phi) is 2.06. The lowest BCUT2D eigenvalue weighted by molar-refractivity contribution is 0.136. The molecule has 0 aromatic rings. The van der Waals surface area contributed by atoms with E-state index in [0.29, 0.717) is 5.92 Å². The number of nitrogens with zero attached hydrogens (tertiary/aromatic N) is 2. The molecule has 0 aliphatic carbocycles. The summed E-state index contributed by atoms with van der Waals surface area (Å²) in [5.74, 6) is 0.698. The van der Waals surface area contributed by atoms with Crippen molar-refractivity contribution < 1.29 is 0 Å². The first-order chi connectivity index (χ1) is 5.81. The van der Waals surface area contributed by atoms with Crippen molar-refractivity contribution in [3.63, 3.8) is 0 Å². The summed E-state index contributed by atoms with van der Waals surface area (Å²) in [6, 6.07) is 3.89. The molecule has 3 atom stereocenters. The Balaban J connectivity index is 1.99. The third-order valence-electron chi connectivity index (χ3n) is 3.58. The second kappa shape index (κ2) is 3.06. The van der Waals surface area contributed by atoms with Crippen LogP contribution < -0.4 is 0 Å². The maximum atomic E-state index is 8.61. The van der Waals surface area contributed by atoms with E-state index in [2.05, 4.69) is 18.0 Å². The fourth-order valence-electron chi connectivity index (χ4n) is 2.82. The van der Waals surface area contributed by atoms with Crippen molar-refractivity contribution >= 4 is 0 Å². The minimum atomic E-state index is 0.698. The monoisotopic (exact) mass is 164 g/mol. The SMILES string of the molecule is CN1[C@@H]2CC[C@H]1CC(CC#N)C2. The van der Waals surface area contributed by atoms with Gasteiger partial charge in [0.1, 0.15) is 0 Å². The number of fused-ring (bicyclic) bond motifs is 2. The van der Waals surface area contributed by atoms with Gasteiger partial charge >= 0.3 is 0 Å². The highest BCUT2D eigenvalue weighted by molar-refractivity contribution is 4.95. The van der Waals surface area contributed by atoms with E-state index in [1.165, 1.54) is 25.7 Å². The highest BCUT2D eigenvalue weighted by atomic mass is 15.2. The van der Waals surface area contributed by atoms with Gasteiger partial charge in [-0.15, -0.1) is 0 Å². The lowest BCUT2D eigenvalue weighted by atomic mass is 9.89. The Morgan fingerprint density at radius 3 is 2.42 bits per heavy atom. The molecule has 2 saturated heterocycles. The smallest absolute Gasteiger partial charge is 0.0624 e. The highest BCUT2D eigenvalue weighted by Gasteiger charge is 2.37. The van der Waals surface area contributed by atoms with Gasteiger partial charge in [0.15, 0.2) is 0 Å². The van der Waals surface area contributed by atoms with Crippen LogP contribution >= 0.6 is 0 Å². The maximum absolute atomic E-state index is 8.61. The van der Waals surface area contributed by atoms with Gasteiger partial charge in [0.2, 0.25) is 0 Å². The molecule has 66 valence electrons. The molecule has 0 aromatic heterocycles. The van der Waals surface area contributed by atoms with Gasteiger partial charge in [-0.2, -0.15) is 5.26 Å². The third kappa shape index (κ3) is 1.23. The molecule has 2 nitrogen and oxygen atoms in total. The van der Waals surface area contributed by atoms with Crippen molar-refractivity contribution in [1.29, 1.82) is 5.26 Å². The molecular weight excluding hydrogens is 148 g/mol. The van der Waals surface area contributed by atoms with Crippen molar-refractivity contribution in [2.75, 3.05) is 7.05 Å². The zero-order valence-electron chi connectivity index (χ0n) is 7.66. The van der Waals surface area contributed by atoms with Crippen LogP contribution in [0.15, 0.2) is 0 Å². The summed E-state index contributed by atoms with van der Waals surface area (Å²) < 4.78 is 0. The molecule has 0 amide bonds. The molecule has 0 spiro atoms. The molecule has 2 aliphatic rings. The summed E-state index contributed by atoms with van der Waals surface area (Å²) in [7, 11) is 2.24. The summed E-state index contributed by atoms with van der Waals surface area (Å²) in [5, 5.41) is 8.61. The normalized spacial score (nSPS) is 41.2. The number of nitriles is 1. The number of piperidine rings is 1. The molecular formula is C10H16N2. The van der Waals surface area contributed by atoms with Crippen molar-refractivity contribution in [1.82, 2.24) is 4.90 Å². The molecule has 0 N–H and O–H groups in total. The van der Waals surface area contributed by atoms with Crippen LogP contribution in [0.5, 0.6) is 0 Å². The van der Waals surface area contributed by atoms with Crippen LogP contribution in [0.1, 0.15) is 32.1 Å². The van der Waals surface area contributed by atoms with E-state index in [-0.39, 0.29) is 0 Å². The summed E-state index contributed by atoms with van der Waals surface area (Å²) in [4.78, 5) is 2.52. The summed E-state index contributed by atoms with van der Waals surface area (Å²) in [6.07, 6.45) is 6.04. The molecule has 2 rings (SSSR count). The molecule has 0 saturated carbocycles. The van der Waals surface area contributed by atoms with Gasteiger partial charge in [-0.3, -0.25) is 0 Å². The van der Waals surface area contributed by atoms with E-state index in [0.717, 1.165) is 18.5 Å². The lowest BCUT2D eigenvalue weighted by Gasteiger charge is -2.35. The van der Waals surface area contributed by atoms with E-state index < -0.39 is 0 Å². The Morgan fingerprint density at radius 1 is 1.33 bits per heavy atom. The average molecular weight is 164 g/mol. The van der Waals surface area contributed by atoms with Gasteiger partial charge in [0.25, 0.3) is 0 Å². The van der Waals surface area contributed by atoms with Crippen molar-refractivity contribution in [3.05, 3.63) is 0 Å². The largest absolute Gasteiger partial charge is 0.300 e. The molecule has 2 bridgehead atoms. The van der Waals surface area contributed by atoms with Crippen LogP contribution in [0.2, 0.25) is 0 Å². The highest BCUT2D eigenvalue weighted by Crippen LogP contribution is 2.38. The number of rotatable bonds is 1. The fraction of sp³-hybridized carbons (Fsp3) is 0.900. The first-order valence-corrected chi connectivity index (χ1v) is 4.90. The summed E-state index contributed by atoms with van der Waals surface area (Å²) in [5.41, 5.74) is 0. The lowest BCUT2D eigenvalue weighted by Crippen LogP contribution is -2.39. The Hall–Kier alpha value is -0.550. The molecule has 12 heavy (non-hydrogen) atoms. The Morgan fingerprint density at radius 2 is 1.92 bits per heavy atom. The number of hydrogen-bond donors (Lipinski definition) is 0. The standard InChI is InChI=1S/C10H16N2/c1-12-9-2-3-10(12)7-8(6-9)4-5-11/h8-10H,2-4,6-7H2,1H3/t8?,9-,10+. The third-order valence-corrected chi connectivity index (χ3v) is 3.58. The van der Waals surface area contributed by atoms with E-state index in [1.54, 1.807) is 0 Å². The maximum Gasteiger partial charge on any atom is 0.0624 e. The molecule has 0 radical (unpaired) electrons. The summed E-state index contributed by atoms with van der Waals surface area (Å²) in [6.45, 7) is 0.